The molecule has 0 unspecified atom stereocenters. The van der Waals surface area contributed by atoms with Crippen LogP contribution in [0.5, 0.6) is 5.75 Å². The highest BCUT2D eigenvalue weighted by Gasteiger charge is 2.24. The largest absolute Gasteiger partial charge is 0.497 e. The second-order valence-electron chi connectivity index (χ2n) is 5.22. The Kier molecular flexibility index (Phi) is 4.11. The number of hydrogen-bond acceptors (Lipinski definition) is 5. The Morgan fingerprint density at radius 3 is 2.50 bits per heavy atom. The zero-order valence-corrected chi connectivity index (χ0v) is 14.4. The number of rotatable bonds is 3. The van der Waals surface area contributed by atoms with Crippen molar-refractivity contribution in [2.24, 2.45) is 0 Å². The van der Waals surface area contributed by atoms with Gasteiger partial charge in [0.2, 0.25) is 9.84 Å². The van der Waals surface area contributed by atoms with Gasteiger partial charge in [-0.3, -0.25) is 0 Å². The van der Waals surface area contributed by atoms with Crippen LogP contribution >= 0.6 is 11.6 Å². The van der Waals surface area contributed by atoms with Crippen LogP contribution in [0, 0.1) is 6.92 Å². The van der Waals surface area contributed by atoms with E-state index in [-0.39, 0.29) is 10.5 Å². The molecule has 0 amide bonds. The van der Waals surface area contributed by atoms with Crippen molar-refractivity contribution in [3.05, 3.63) is 63.5 Å². The number of sulfone groups is 1. The number of fused-ring (bicyclic) bond motifs is 1. The van der Waals surface area contributed by atoms with Gasteiger partial charge in [0, 0.05) is 16.5 Å². The van der Waals surface area contributed by atoms with E-state index in [1.807, 2.05) is 0 Å². The van der Waals surface area contributed by atoms with E-state index in [2.05, 4.69) is 0 Å². The van der Waals surface area contributed by atoms with Gasteiger partial charge in [0.15, 0.2) is 4.90 Å². The molecule has 124 valence electrons. The Morgan fingerprint density at radius 2 is 1.83 bits per heavy atom. The minimum atomic E-state index is -4.04. The summed E-state index contributed by atoms with van der Waals surface area (Å²) in [7, 11) is -2.55. The van der Waals surface area contributed by atoms with Gasteiger partial charge < -0.3 is 9.15 Å². The molecule has 0 spiro atoms. The summed E-state index contributed by atoms with van der Waals surface area (Å²) in [6.45, 7) is 1.76. The molecule has 0 N–H and O–H groups in total. The van der Waals surface area contributed by atoms with Crippen LogP contribution in [0.25, 0.3) is 11.0 Å². The lowest BCUT2D eigenvalue weighted by Crippen LogP contribution is -2.14. The molecule has 24 heavy (non-hydrogen) atoms. The second-order valence-corrected chi connectivity index (χ2v) is 7.54. The number of ether oxygens (including phenoxy) is 1. The molecule has 0 bridgehead atoms. The SMILES string of the molecule is COc1ccc2cc(S(=O)(=O)c3ccc(C)c(Cl)c3)c(=O)oc2c1. The summed E-state index contributed by atoms with van der Waals surface area (Å²) in [6, 6.07) is 10.4. The normalized spacial score (nSPS) is 11.6. The molecule has 0 aliphatic heterocycles. The van der Waals surface area contributed by atoms with Crippen LogP contribution in [-0.4, -0.2) is 15.5 Å². The van der Waals surface area contributed by atoms with Gasteiger partial charge in [0.25, 0.3) is 0 Å². The predicted molar refractivity (Wildman–Crippen MR) is 90.7 cm³/mol. The van der Waals surface area contributed by atoms with Crippen molar-refractivity contribution in [3.63, 3.8) is 0 Å². The summed E-state index contributed by atoms with van der Waals surface area (Å²) in [5.74, 6) is 0.506. The molecular formula is C17H13ClO5S. The second kappa shape index (κ2) is 5.96. The monoisotopic (exact) mass is 364 g/mol. The number of hydrogen-bond donors (Lipinski definition) is 0. The molecule has 7 heteroatoms. The molecule has 0 atom stereocenters. The average Bonchev–Trinajstić information content (AvgIpc) is 2.55. The molecule has 0 saturated carbocycles. The van der Waals surface area contributed by atoms with Crippen molar-refractivity contribution in [3.8, 4) is 5.75 Å². The fraction of sp³-hybridized carbons (Fsp3) is 0.118. The van der Waals surface area contributed by atoms with Crippen LogP contribution in [0.2, 0.25) is 5.02 Å². The van der Waals surface area contributed by atoms with E-state index in [0.717, 1.165) is 5.56 Å². The topological polar surface area (TPSA) is 73.6 Å². The van der Waals surface area contributed by atoms with Crippen LogP contribution in [0.1, 0.15) is 5.56 Å². The molecule has 0 aliphatic rings. The zero-order valence-electron chi connectivity index (χ0n) is 12.9. The maximum Gasteiger partial charge on any atom is 0.355 e. The molecular weight excluding hydrogens is 352 g/mol. The van der Waals surface area contributed by atoms with Crippen LogP contribution in [0.4, 0.5) is 0 Å². The van der Waals surface area contributed by atoms with Gasteiger partial charge in [-0.15, -0.1) is 0 Å². The summed E-state index contributed by atoms with van der Waals surface area (Å²) in [4.78, 5) is 11.7. The fourth-order valence-corrected chi connectivity index (χ4v) is 3.82. The lowest BCUT2D eigenvalue weighted by Gasteiger charge is -2.07. The maximum atomic E-state index is 12.7. The molecule has 3 aromatic rings. The van der Waals surface area contributed by atoms with Gasteiger partial charge >= 0.3 is 5.63 Å². The molecule has 5 nitrogen and oxygen atoms in total. The molecule has 3 rings (SSSR count). The van der Waals surface area contributed by atoms with Crippen molar-refractivity contribution < 1.29 is 17.6 Å². The number of halogens is 1. The summed E-state index contributed by atoms with van der Waals surface area (Å²) in [5, 5.41) is 0.790. The van der Waals surface area contributed by atoms with Gasteiger partial charge in [-0.05, 0) is 42.8 Å². The zero-order chi connectivity index (χ0) is 17.5. The Hall–Kier alpha value is -2.31. The van der Waals surface area contributed by atoms with Crippen LogP contribution < -0.4 is 10.4 Å². The first-order valence-electron chi connectivity index (χ1n) is 6.96. The Bertz CT molecular complexity index is 1100. The van der Waals surface area contributed by atoms with Gasteiger partial charge in [-0.25, -0.2) is 13.2 Å². The first-order valence-corrected chi connectivity index (χ1v) is 8.82. The van der Waals surface area contributed by atoms with E-state index in [4.69, 9.17) is 20.8 Å². The number of benzene rings is 2. The predicted octanol–water partition coefficient (Wildman–Crippen LogP) is 3.60. The average molecular weight is 365 g/mol. The molecule has 1 heterocycles. The first kappa shape index (κ1) is 16.5. The molecule has 0 radical (unpaired) electrons. The van der Waals surface area contributed by atoms with Crippen LogP contribution in [0.3, 0.4) is 0 Å². The number of aryl methyl sites for hydroxylation is 1. The lowest BCUT2D eigenvalue weighted by atomic mass is 10.2. The van der Waals surface area contributed by atoms with E-state index in [0.29, 0.717) is 16.2 Å². The molecule has 0 saturated heterocycles. The standard InChI is InChI=1S/C17H13ClO5S/c1-10-3-6-13(9-14(10)18)24(20,21)16-7-11-4-5-12(22-2)8-15(11)23-17(16)19/h3-9H,1-2H3. The van der Waals surface area contributed by atoms with E-state index >= 15 is 0 Å². The van der Waals surface area contributed by atoms with Crippen molar-refractivity contribution in [1.29, 1.82) is 0 Å². The highest BCUT2D eigenvalue weighted by molar-refractivity contribution is 7.91. The van der Waals surface area contributed by atoms with Crippen LogP contribution in [-0.2, 0) is 9.84 Å². The first-order chi connectivity index (χ1) is 11.3. The van der Waals surface area contributed by atoms with Crippen molar-refractivity contribution in [1.82, 2.24) is 0 Å². The minimum absolute atomic E-state index is 0.0572. The van der Waals surface area contributed by atoms with Crippen LogP contribution in [0.15, 0.2) is 61.5 Å². The molecule has 0 fully saturated rings. The highest BCUT2D eigenvalue weighted by atomic mass is 35.5. The van der Waals surface area contributed by atoms with Crippen molar-refractivity contribution in [2.75, 3.05) is 7.11 Å². The van der Waals surface area contributed by atoms with Gasteiger partial charge in [0.05, 0.1) is 12.0 Å². The van der Waals surface area contributed by atoms with Gasteiger partial charge in [-0.1, -0.05) is 17.7 Å². The van der Waals surface area contributed by atoms with Crippen molar-refractivity contribution in [2.45, 2.75) is 16.7 Å². The smallest absolute Gasteiger partial charge is 0.355 e. The fourth-order valence-electron chi connectivity index (χ4n) is 2.25. The Morgan fingerprint density at radius 1 is 1.08 bits per heavy atom. The van der Waals surface area contributed by atoms with E-state index in [1.165, 1.54) is 31.4 Å². The van der Waals surface area contributed by atoms with Gasteiger partial charge in [-0.2, -0.15) is 0 Å². The van der Waals surface area contributed by atoms with Gasteiger partial charge in [0.1, 0.15) is 11.3 Å². The number of methoxy groups -OCH3 is 1. The Labute approximate surface area is 143 Å². The highest BCUT2D eigenvalue weighted by Crippen LogP contribution is 2.27. The Balaban J connectivity index is 2.22. The van der Waals surface area contributed by atoms with Crippen molar-refractivity contribution >= 4 is 32.4 Å². The summed E-state index contributed by atoms with van der Waals surface area (Å²) >= 11 is 6.00. The molecule has 0 aliphatic carbocycles. The summed E-state index contributed by atoms with van der Waals surface area (Å²) < 4.78 is 35.7. The lowest BCUT2D eigenvalue weighted by molar-refractivity contribution is 0.414. The van der Waals surface area contributed by atoms with E-state index in [9.17, 15) is 13.2 Å². The van der Waals surface area contributed by atoms with E-state index < -0.39 is 20.4 Å². The summed E-state index contributed by atoms with van der Waals surface area (Å²) in [6.07, 6.45) is 0. The quantitative estimate of drug-likeness (QED) is 0.664. The third-order valence-corrected chi connectivity index (χ3v) is 5.80. The third kappa shape index (κ3) is 2.79. The summed E-state index contributed by atoms with van der Waals surface area (Å²) in [5.41, 5.74) is 0.0564. The molecule has 1 aromatic heterocycles. The van der Waals surface area contributed by atoms with E-state index in [1.54, 1.807) is 25.1 Å². The minimum Gasteiger partial charge on any atom is -0.497 e. The third-order valence-electron chi connectivity index (χ3n) is 3.65. The molecule has 2 aromatic carbocycles. The maximum absolute atomic E-state index is 12.7.